The lowest BCUT2D eigenvalue weighted by molar-refractivity contribution is 0.0277. The molecule has 2 aromatic rings. The zero-order chi connectivity index (χ0) is 18.5. The van der Waals surface area contributed by atoms with Crippen molar-refractivity contribution in [2.24, 2.45) is 0 Å². The average Bonchev–Trinajstić information content (AvgIpc) is 3.25. The van der Waals surface area contributed by atoms with Crippen LogP contribution in [0.1, 0.15) is 27.7 Å². The van der Waals surface area contributed by atoms with Crippen LogP contribution in [-0.4, -0.2) is 71.1 Å². The van der Waals surface area contributed by atoms with Crippen LogP contribution in [0.3, 0.4) is 0 Å². The number of fused-ring (bicyclic) bond motifs is 1. The molecule has 0 spiro atoms. The third-order valence-electron chi connectivity index (χ3n) is 5.06. The maximum atomic E-state index is 12.8. The van der Waals surface area contributed by atoms with Gasteiger partial charge in [0, 0.05) is 19.1 Å². The molecule has 0 N–H and O–H groups in total. The van der Waals surface area contributed by atoms with Gasteiger partial charge in [-0.15, -0.1) is 0 Å². The Hall–Kier alpha value is -2.20. The number of carbonyl (C=O) groups excluding carboxylic acids is 1. The number of aryl methyl sites for hydroxylation is 2. The molecule has 26 heavy (non-hydrogen) atoms. The number of carbonyl (C=O) groups is 1. The zero-order valence-electron chi connectivity index (χ0n) is 14.6. The summed E-state index contributed by atoms with van der Waals surface area (Å²) >= 11 is 0. The smallest absolute Gasteiger partial charge is 0.278 e. The third-order valence-corrected chi connectivity index (χ3v) is 6.76. The number of sulfone groups is 1. The van der Waals surface area contributed by atoms with Crippen LogP contribution >= 0.6 is 0 Å². The van der Waals surface area contributed by atoms with E-state index in [0.717, 1.165) is 11.5 Å². The largest absolute Gasteiger partial charge is 0.465 e. The van der Waals surface area contributed by atoms with Gasteiger partial charge in [-0.25, -0.2) is 13.0 Å². The van der Waals surface area contributed by atoms with Gasteiger partial charge in [-0.3, -0.25) is 9.69 Å². The minimum atomic E-state index is -3.22. The first-order valence-electron chi connectivity index (χ1n) is 8.44. The maximum Gasteiger partial charge on any atom is 0.278 e. The van der Waals surface area contributed by atoms with Crippen LogP contribution in [0.4, 0.5) is 0 Å². The van der Waals surface area contributed by atoms with Crippen molar-refractivity contribution in [2.45, 2.75) is 32.5 Å². The molecule has 1 amide bonds. The molecule has 2 aromatic heterocycles. The number of hydrogen-bond donors (Lipinski definition) is 0. The van der Waals surface area contributed by atoms with Gasteiger partial charge in [-0.2, -0.15) is 0 Å². The molecule has 10 heteroatoms. The monoisotopic (exact) mass is 380 g/mol. The minimum Gasteiger partial charge on any atom is -0.465 e. The molecule has 2 aliphatic rings. The number of piperazine rings is 1. The second-order valence-electron chi connectivity index (χ2n) is 6.89. The number of amides is 1. The van der Waals surface area contributed by atoms with E-state index in [9.17, 15) is 13.2 Å². The summed E-state index contributed by atoms with van der Waals surface area (Å²) in [4.78, 5) is 16.5. The van der Waals surface area contributed by atoms with Gasteiger partial charge in [0.05, 0.1) is 24.1 Å². The fourth-order valence-corrected chi connectivity index (χ4v) is 5.82. The SMILES string of the molecule is Cc1ccc(CN2CCN(C(=O)c3nonc3C)[C@@H]3CS(=O)(=O)C[C@@H]32)o1. The fraction of sp³-hybridized carbons (Fsp3) is 0.562. The summed E-state index contributed by atoms with van der Waals surface area (Å²) in [6.07, 6.45) is 0. The van der Waals surface area contributed by atoms with Gasteiger partial charge in [0.15, 0.2) is 15.5 Å². The lowest BCUT2D eigenvalue weighted by Crippen LogP contribution is -2.60. The molecule has 0 aromatic carbocycles. The summed E-state index contributed by atoms with van der Waals surface area (Å²) in [5, 5.41) is 7.32. The third kappa shape index (κ3) is 3.03. The predicted molar refractivity (Wildman–Crippen MR) is 90.2 cm³/mol. The van der Waals surface area contributed by atoms with Crippen LogP contribution in [0.25, 0.3) is 0 Å². The Bertz CT molecular complexity index is 934. The van der Waals surface area contributed by atoms with E-state index in [1.54, 1.807) is 11.8 Å². The molecule has 2 fully saturated rings. The van der Waals surface area contributed by atoms with Crippen molar-refractivity contribution >= 4 is 15.7 Å². The van der Waals surface area contributed by atoms with Crippen molar-refractivity contribution < 1.29 is 22.3 Å². The molecule has 4 rings (SSSR count). The summed E-state index contributed by atoms with van der Waals surface area (Å²) in [5.41, 5.74) is 0.545. The molecule has 140 valence electrons. The van der Waals surface area contributed by atoms with Crippen LogP contribution < -0.4 is 0 Å². The fourth-order valence-electron chi connectivity index (χ4n) is 3.81. The second-order valence-corrected chi connectivity index (χ2v) is 9.05. The van der Waals surface area contributed by atoms with Gasteiger partial charge in [-0.05, 0) is 31.1 Å². The Morgan fingerprint density at radius 1 is 1.19 bits per heavy atom. The van der Waals surface area contributed by atoms with Crippen LogP contribution in [0.5, 0.6) is 0 Å². The van der Waals surface area contributed by atoms with Crippen molar-refractivity contribution in [2.75, 3.05) is 24.6 Å². The topological polar surface area (TPSA) is 110 Å². The first-order valence-corrected chi connectivity index (χ1v) is 10.3. The normalized spacial score (nSPS) is 25.4. The Labute approximate surface area is 150 Å². The molecular weight excluding hydrogens is 360 g/mol. The van der Waals surface area contributed by atoms with Crippen molar-refractivity contribution in [3.05, 3.63) is 35.0 Å². The van der Waals surface area contributed by atoms with Crippen molar-refractivity contribution in [3.63, 3.8) is 0 Å². The molecule has 0 saturated carbocycles. The van der Waals surface area contributed by atoms with Crippen LogP contribution in [-0.2, 0) is 16.4 Å². The van der Waals surface area contributed by atoms with E-state index < -0.39 is 15.9 Å². The number of rotatable bonds is 3. The van der Waals surface area contributed by atoms with Gasteiger partial charge < -0.3 is 9.32 Å². The summed E-state index contributed by atoms with van der Waals surface area (Å²) in [7, 11) is -3.22. The highest BCUT2D eigenvalue weighted by atomic mass is 32.2. The summed E-state index contributed by atoms with van der Waals surface area (Å²) in [5.74, 6) is 1.28. The van der Waals surface area contributed by atoms with E-state index >= 15 is 0 Å². The quantitative estimate of drug-likeness (QED) is 0.753. The maximum absolute atomic E-state index is 12.8. The van der Waals surface area contributed by atoms with Gasteiger partial charge >= 0.3 is 0 Å². The van der Waals surface area contributed by atoms with Crippen molar-refractivity contribution in [1.29, 1.82) is 0 Å². The highest BCUT2D eigenvalue weighted by molar-refractivity contribution is 7.91. The number of furan rings is 1. The molecule has 0 unspecified atom stereocenters. The Kier molecular flexibility index (Phi) is 4.11. The van der Waals surface area contributed by atoms with Crippen LogP contribution in [0.2, 0.25) is 0 Å². The van der Waals surface area contributed by atoms with Crippen LogP contribution in [0.15, 0.2) is 21.2 Å². The van der Waals surface area contributed by atoms with E-state index in [2.05, 4.69) is 19.8 Å². The van der Waals surface area contributed by atoms with E-state index in [1.807, 2.05) is 19.1 Å². The van der Waals surface area contributed by atoms with Gasteiger partial charge in [0.2, 0.25) is 0 Å². The predicted octanol–water partition coefficient (Wildman–Crippen LogP) is 0.403. The molecule has 0 radical (unpaired) electrons. The molecule has 0 bridgehead atoms. The van der Waals surface area contributed by atoms with E-state index in [-0.39, 0.29) is 29.1 Å². The van der Waals surface area contributed by atoms with E-state index in [1.165, 1.54) is 0 Å². The van der Waals surface area contributed by atoms with Gasteiger partial charge in [-0.1, -0.05) is 5.16 Å². The lowest BCUT2D eigenvalue weighted by atomic mass is 10.0. The highest BCUT2D eigenvalue weighted by Crippen LogP contribution is 2.29. The van der Waals surface area contributed by atoms with Crippen molar-refractivity contribution in [3.8, 4) is 0 Å². The van der Waals surface area contributed by atoms with E-state index in [4.69, 9.17) is 4.42 Å². The molecule has 2 saturated heterocycles. The zero-order valence-corrected chi connectivity index (χ0v) is 15.4. The van der Waals surface area contributed by atoms with Crippen molar-refractivity contribution in [1.82, 2.24) is 20.1 Å². The summed E-state index contributed by atoms with van der Waals surface area (Å²) in [6.45, 7) is 5.02. The first kappa shape index (κ1) is 17.2. The second kappa shape index (κ2) is 6.20. The number of aromatic nitrogens is 2. The Balaban J connectivity index is 1.59. The lowest BCUT2D eigenvalue weighted by Gasteiger charge is -2.43. The Morgan fingerprint density at radius 3 is 2.62 bits per heavy atom. The highest BCUT2D eigenvalue weighted by Gasteiger charge is 2.48. The van der Waals surface area contributed by atoms with Gasteiger partial charge in [0.1, 0.15) is 17.2 Å². The Morgan fingerprint density at radius 2 is 1.96 bits per heavy atom. The molecule has 4 heterocycles. The molecule has 2 aliphatic heterocycles. The summed E-state index contributed by atoms with van der Waals surface area (Å²) in [6, 6.07) is 3.12. The first-order chi connectivity index (χ1) is 12.3. The molecule has 2 atom stereocenters. The number of hydrogen-bond acceptors (Lipinski definition) is 8. The van der Waals surface area contributed by atoms with Gasteiger partial charge in [0.25, 0.3) is 5.91 Å². The summed E-state index contributed by atoms with van der Waals surface area (Å²) < 4.78 is 34.8. The minimum absolute atomic E-state index is 0.0389. The number of nitrogens with zero attached hydrogens (tertiary/aromatic N) is 4. The standard InChI is InChI=1S/C16H20N4O5S/c1-10-3-4-12(24-10)7-19-5-6-20(14-9-26(22,23)8-13(14)19)16(21)15-11(2)17-25-18-15/h3-4,13-14H,5-9H2,1-2H3/t13-,14+/m0/s1. The van der Waals surface area contributed by atoms with Crippen LogP contribution in [0, 0.1) is 13.8 Å². The molecule has 0 aliphatic carbocycles. The average molecular weight is 380 g/mol. The van der Waals surface area contributed by atoms with E-state index in [0.29, 0.717) is 25.3 Å². The molecule has 9 nitrogen and oxygen atoms in total. The molecular formula is C16H20N4O5S.